The van der Waals surface area contributed by atoms with Crippen LogP contribution in [0.2, 0.25) is 0 Å². The Balaban J connectivity index is 1.72. The van der Waals surface area contributed by atoms with E-state index in [1.54, 1.807) is 6.92 Å². The molecule has 208 valence electrons. The summed E-state index contributed by atoms with van der Waals surface area (Å²) in [5.74, 6) is -4.31. The van der Waals surface area contributed by atoms with Gasteiger partial charge in [0.25, 0.3) is 0 Å². The van der Waals surface area contributed by atoms with E-state index < -0.39 is 88.4 Å². The van der Waals surface area contributed by atoms with Gasteiger partial charge in [0.05, 0.1) is 42.1 Å². The minimum absolute atomic E-state index is 0.0663. The van der Waals surface area contributed by atoms with Crippen LogP contribution in [0.3, 0.4) is 0 Å². The van der Waals surface area contributed by atoms with E-state index in [0.29, 0.717) is 0 Å². The van der Waals surface area contributed by atoms with Crippen molar-refractivity contribution in [3.05, 3.63) is 51.6 Å². The number of hydrogen-bond acceptors (Lipinski definition) is 12. The summed E-state index contributed by atoms with van der Waals surface area (Å²) in [6.07, 6.45) is -4.13. The first-order valence-electron chi connectivity index (χ1n) is 12.5. The number of aromatic hydroxyl groups is 2. The van der Waals surface area contributed by atoms with Crippen molar-refractivity contribution in [1.82, 2.24) is 0 Å². The molecule has 0 saturated carbocycles. The van der Waals surface area contributed by atoms with Crippen molar-refractivity contribution >= 4 is 17.3 Å². The van der Waals surface area contributed by atoms with Crippen LogP contribution in [0.1, 0.15) is 75.3 Å². The van der Waals surface area contributed by atoms with E-state index in [0.717, 1.165) is 0 Å². The Morgan fingerprint density at radius 3 is 2.49 bits per heavy atom. The van der Waals surface area contributed by atoms with Gasteiger partial charge in [0, 0.05) is 29.2 Å². The fourth-order valence-electron chi connectivity index (χ4n) is 5.81. The fraction of sp³-hybridized carbons (Fsp3) is 0.444. The molecular weight excluding hydrogens is 514 g/mol. The van der Waals surface area contributed by atoms with Gasteiger partial charge < -0.3 is 45.5 Å². The molecule has 1 aliphatic heterocycles. The molecule has 0 amide bonds. The highest BCUT2D eigenvalue weighted by atomic mass is 16.7. The van der Waals surface area contributed by atoms with Crippen molar-refractivity contribution in [1.29, 1.82) is 0 Å². The lowest BCUT2D eigenvalue weighted by Gasteiger charge is -2.42. The minimum Gasteiger partial charge on any atom is -0.507 e. The van der Waals surface area contributed by atoms with E-state index in [4.69, 9.17) is 19.9 Å². The Kier molecular flexibility index (Phi) is 6.74. The van der Waals surface area contributed by atoms with Crippen molar-refractivity contribution in [3.63, 3.8) is 0 Å². The quantitative estimate of drug-likeness (QED) is 0.240. The number of nitrogens with two attached hydrogens (primary N) is 1. The molecule has 0 spiro atoms. The predicted octanol–water partition coefficient (Wildman–Crippen LogP) is 0.305. The fourth-order valence-corrected chi connectivity index (χ4v) is 5.81. The molecule has 1 heterocycles. The average molecular weight is 544 g/mol. The first kappa shape index (κ1) is 27.2. The number of phenols is 2. The molecule has 0 bridgehead atoms. The maximum absolute atomic E-state index is 13.7. The standard InChI is InChI=1S/C27H29NO11/c1-10-22(31)12(28)8-16(38-10)39-14-6-7-27(36,15(30)9-29)21-18(14)25(34)20-19(26(21)35)23(32)11-4-3-5-13(37-2)17(11)24(20)33/h3-5,10,12,14,16,22,29,31,34-36H,6-9,28H2,1-2H3. The third-order valence-electron chi connectivity index (χ3n) is 7.83. The van der Waals surface area contributed by atoms with Gasteiger partial charge in [-0.3, -0.25) is 14.4 Å². The van der Waals surface area contributed by atoms with Gasteiger partial charge in [0.2, 0.25) is 5.78 Å². The van der Waals surface area contributed by atoms with Crippen molar-refractivity contribution < 1.29 is 54.1 Å². The maximum atomic E-state index is 13.7. The second-order valence-corrected chi connectivity index (χ2v) is 10.0. The van der Waals surface area contributed by atoms with Crippen LogP contribution in [0.25, 0.3) is 0 Å². The van der Waals surface area contributed by atoms with E-state index in [-0.39, 0.29) is 41.7 Å². The number of phenolic OH excluding ortho intramolecular Hbond substituents is 2. The van der Waals surface area contributed by atoms with Crippen LogP contribution in [0.5, 0.6) is 17.2 Å². The summed E-state index contributed by atoms with van der Waals surface area (Å²) in [5, 5.41) is 54.1. The smallest absolute Gasteiger partial charge is 0.202 e. The lowest BCUT2D eigenvalue weighted by molar-refractivity contribution is -0.244. The van der Waals surface area contributed by atoms with Crippen LogP contribution in [-0.4, -0.2) is 81.1 Å². The molecule has 5 rings (SSSR count). The summed E-state index contributed by atoms with van der Waals surface area (Å²) >= 11 is 0. The van der Waals surface area contributed by atoms with Gasteiger partial charge in [-0.15, -0.1) is 0 Å². The number of benzene rings is 2. The SMILES string of the molecule is COc1cccc2c1C(=O)c1c(O)c3c(c(O)c1C2=O)C(O)(C(=O)CO)CCC3OC1CC(N)C(O)C(C)O1. The number of fused-ring (bicyclic) bond motifs is 3. The highest BCUT2D eigenvalue weighted by Gasteiger charge is 2.52. The Hall–Kier alpha value is -3.39. The zero-order valence-corrected chi connectivity index (χ0v) is 21.2. The van der Waals surface area contributed by atoms with Crippen molar-refractivity contribution in [2.45, 2.75) is 62.4 Å². The summed E-state index contributed by atoms with van der Waals surface area (Å²) in [4.78, 5) is 40.0. The lowest BCUT2D eigenvalue weighted by Crippen LogP contribution is -2.52. The zero-order chi connectivity index (χ0) is 28.4. The normalized spacial score (nSPS) is 29.8. The number of methoxy groups -OCH3 is 1. The maximum Gasteiger partial charge on any atom is 0.202 e. The molecule has 6 atom stereocenters. The number of carbonyl (C=O) groups excluding carboxylic acids is 3. The number of carbonyl (C=O) groups is 3. The van der Waals surface area contributed by atoms with Crippen LogP contribution in [0, 0.1) is 0 Å². The van der Waals surface area contributed by atoms with E-state index in [1.807, 2.05) is 0 Å². The number of aliphatic hydroxyl groups excluding tert-OH is 2. The van der Waals surface area contributed by atoms with E-state index in [2.05, 4.69) is 0 Å². The molecule has 0 radical (unpaired) electrons. The highest BCUT2D eigenvalue weighted by Crippen LogP contribution is 2.55. The number of hydrogen-bond donors (Lipinski definition) is 6. The number of rotatable bonds is 5. The summed E-state index contributed by atoms with van der Waals surface area (Å²) in [7, 11) is 1.31. The van der Waals surface area contributed by atoms with Crippen LogP contribution < -0.4 is 10.5 Å². The van der Waals surface area contributed by atoms with E-state index >= 15 is 0 Å². The van der Waals surface area contributed by atoms with Crippen LogP contribution >= 0.6 is 0 Å². The van der Waals surface area contributed by atoms with Crippen LogP contribution in [-0.2, 0) is 19.9 Å². The summed E-state index contributed by atoms with van der Waals surface area (Å²) in [6, 6.07) is 3.61. The molecule has 7 N–H and O–H groups in total. The van der Waals surface area contributed by atoms with Gasteiger partial charge in [-0.05, 0) is 25.8 Å². The molecular formula is C27H29NO11. The minimum atomic E-state index is -2.49. The summed E-state index contributed by atoms with van der Waals surface area (Å²) < 4.78 is 17.0. The number of ether oxygens (including phenoxy) is 3. The Morgan fingerprint density at radius 2 is 1.85 bits per heavy atom. The van der Waals surface area contributed by atoms with Crippen molar-refractivity contribution in [2.75, 3.05) is 13.7 Å². The van der Waals surface area contributed by atoms with Crippen molar-refractivity contribution in [2.24, 2.45) is 5.73 Å². The van der Waals surface area contributed by atoms with Gasteiger partial charge in [-0.25, -0.2) is 0 Å². The molecule has 12 heteroatoms. The van der Waals surface area contributed by atoms with Crippen LogP contribution in [0.4, 0.5) is 0 Å². The third kappa shape index (κ3) is 3.94. The van der Waals surface area contributed by atoms with Gasteiger partial charge in [-0.2, -0.15) is 0 Å². The highest BCUT2D eigenvalue weighted by molar-refractivity contribution is 6.31. The third-order valence-corrected chi connectivity index (χ3v) is 7.83. The average Bonchev–Trinajstić information content (AvgIpc) is 2.92. The first-order chi connectivity index (χ1) is 18.5. The number of Topliss-reactive ketones (excluding diaryl/α,β-unsaturated/α-hetero) is 1. The van der Waals surface area contributed by atoms with Gasteiger partial charge >= 0.3 is 0 Å². The first-order valence-corrected chi connectivity index (χ1v) is 12.5. The molecule has 0 aromatic heterocycles. The number of aliphatic hydroxyl groups is 3. The van der Waals surface area contributed by atoms with E-state index in [1.165, 1.54) is 25.3 Å². The molecule has 1 saturated heterocycles. The van der Waals surface area contributed by atoms with Crippen LogP contribution in [0.15, 0.2) is 18.2 Å². The van der Waals surface area contributed by atoms with Gasteiger partial charge in [0.15, 0.2) is 23.5 Å². The largest absolute Gasteiger partial charge is 0.507 e. The molecule has 2 aromatic rings. The monoisotopic (exact) mass is 543 g/mol. The molecule has 3 aliphatic rings. The summed E-state index contributed by atoms with van der Waals surface area (Å²) in [5.41, 5.74) is 1.34. The second kappa shape index (κ2) is 9.66. The second-order valence-electron chi connectivity index (χ2n) is 10.0. The van der Waals surface area contributed by atoms with Crippen molar-refractivity contribution in [3.8, 4) is 17.2 Å². The van der Waals surface area contributed by atoms with Gasteiger partial charge in [0.1, 0.15) is 23.9 Å². The summed E-state index contributed by atoms with van der Waals surface area (Å²) in [6.45, 7) is 0.504. The van der Waals surface area contributed by atoms with E-state index in [9.17, 15) is 39.9 Å². The Morgan fingerprint density at radius 1 is 1.15 bits per heavy atom. The number of ketones is 3. The Labute approximate surface area is 222 Å². The molecule has 39 heavy (non-hydrogen) atoms. The topological polar surface area (TPSA) is 206 Å². The zero-order valence-electron chi connectivity index (χ0n) is 21.2. The lowest BCUT2D eigenvalue weighted by atomic mass is 9.70. The molecule has 1 fully saturated rings. The molecule has 2 aliphatic carbocycles. The van der Waals surface area contributed by atoms with Gasteiger partial charge in [-0.1, -0.05) is 12.1 Å². The molecule has 12 nitrogen and oxygen atoms in total. The predicted molar refractivity (Wildman–Crippen MR) is 132 cm³/mol. The Bertz CT molecular complexity index is 1380. The molecule has 2 aromatic carbocycles. The molecule has 6 unspecified atom stereocenters.